The first-order valence-electron chi connectivity index (χ1n) is 9.43. The molecule has 0 saturated heterocycles. The van der Waals surface area contributed by atoms with Crippen molar-refractivity contribution in [3.05, 3.63) is 12.2 Å². The number of hydrogen-bond donors (Lipinski definition) is 3. The van der Waals surface area contributed by atoms with Gasteiger partial charge in [-0.1, -0.05) is 24.6 Å². The molecule has 0 bridgehead atoms. The molecule has 0 saturated carbocycles. The fraction of sp³-hybridized carbons (Fsp3) is 0.684. The normalized spacial score (nSPS) is 14.4. The van der Waals surface area contributed by atoms with E-state index in [-0.39, 0.29) is 43.1 Å². The van der Waals surface area contributed by atoms with E-state index in [1.54, 1.807) is 0 Å². The van der Waals surface area contributed by atoms with Gasteiger partial charge in [-0.2, -0.15) is 0 Å². The predicted molar refractivity (Wildman–Crippen MR) is 116 cm³/mol. The highest BCUT2D eigenvalue weighted by atomic mass is 33.1. The minimum atomic E-state index is -0.568. The van der Waals surface area contributed by atoms with Crippen LogP contribution < -0.4 is 10.6 Å². The summed E-state index contributed by atoms with van der Waals surface area (Å²) in [7, 11) is 1.32. The highest BCUT2D eigenvalue weighted by molar-refractivity contribution is 8.68. The standard InChI is InChI=1S/C19H31N3O5S2/c1-18(2,13-27-19(3,4)12-21-14(23)7-10-29-28)11-15(24)20-8-9-22-16(25)5-6-17(22)26/h5-6,28H,7-13H2,1-4H3,(H,20,24)(H,21,23). The molecule has 8 nitrogen and oxygen atoms in total. The van der Waals surface area contributed by atoms with E-state index in [1.165, 1.54) is 22.9 Å². The molecule has 0 aliphatic carbocycles. The molecule has 2 N–H and O–H groups in total. The molecule has 1 rings (SSSR count). The van der Waals surface area contributed by atoms with Crippen LogP contribution in [0.5, 0.6) is 0 Å². The fourth-order valence-electron chi connectivity index (χ4n) is 2.49. The van der Waals surface area contributed by atoms with Crippen molar-refractivity contribution < 1.29 is 23.9 Å². The first-order chi connectivity index (χ1) is 13.5. The monoisotopic (exact) mass is 445 g/mol. The summed E-state index contributed by atoms with van der Waals surface area (Å²) < 4.78 is 5.94. The van der Waals surface area contributed by atoms with Gasteiger partial charge in [-0.25, -0.2) is 0 Å². The Morgan fingerprint density at radius 1 is 1.10 bits per heavy atom. The third-order valence-electron chi connectivity index (χ3n) is 4.18. The summed E-state index contributed by atoms with van der Waals surface area (Å²) in [6.07, 6.45) is 3.07. The van der Waals surface area contributed by atoms with Crippen molar-refractivity contribution in [1.29, 1.82) is 0 Å². The Morgan fingerprint density at radius 2 is 1.72 bits per heavy atom. The first-order valence-corrected chi connectivity index (χ1v) is 11.5. The number of ether oxygens (including phenoxy) is 1. The molecule has 0 atom stereocenters. The van der Waals surface area contributed by atoms with Crippen LogP contribution in [0.4, 0.5) is 0 Å². The number of imide groups is 1. The Kier molecular flexibility index (Phi) is 10.2. The topological polar surface area (TPSA) is 105 Å². The van der Waals surface area contributed by atoms with E-state index in [0.29, 0.717) is 25.3 Å². The summed E-state index contributed by atoms with van der Waals surface area (Å²) >= 11 is 4.01. The minimum absolute atomic E-state index is 0.0490. The van der Waals surface area contributed by atoms with Crippen molar-refractivity contribution in [2.24, 2.45) is 5.41 Å². The van der Waals surface area contributed by atoms with Gasteiger partial charge in [0.15, 0.2) is 0 Å². The lowest BCUT2D eigenvalue weighted by Gasteiger charge is -2.32. The largest absolute Gasteiger partial charge is 0.373 e. The number of rotatable bonds is 13. The van der Waals surface area contributed by atoms with E-state index in [0.717, 1.165) is 4.90 Å². The molecule has 0 aromatic rings. The maximum Gasteiger partial charge on any atom is 0.253 e. The average Bonchev–Trinajstić information content (AvgIpc) is 2.95. The Hall–Kier alpha value is -1.52. The van der Waals surface area contributed by atoms with Gasteiger partial charge in [-0.15, -0.1) is 11.7 Å². The van der Waals surface area contributed by atoms with Crippen LogP contribution in [0, 0.1) is 5.41 Å². The minimum Gasteiger partial charge on any atom is -0.373 e. The highest BCUT2D eigenvalue weighted by Crippen LogP contribution is 2.23. The average molecular weight is 446 g/mol. The molecular formula is C19H31N3O5S2. The number of nitrogens with zero attached hydrogens (tertiary/aromatic N) is 1. The van der Waals surface area contributed by atoms with Crippen molar-refractivity contribution in [2.75, 3.05) is 32.0 Å². The second-order valence-corrected chi connectivity index (χ2v) is 9.70. The summed E-state index contributed by atoms with van der Waals surface area (Å²) in [6, 6.07) is 0. The third-order valence-corrected chi connectivity index (χ3v) is 5.12. The van der Waals surface area contributed by atoms with Crippen molar-refractivity contribution in [3.8, 4) is 0 Å². The Bertz CT molecular complexity index is 632. The maximum absolute atomic E-state index is 12.2. The van der Waals surface area contributed by atoms with Gasteiger partial charge in [0.2, 0.25) is 11.8 Å². The molecule has 0 fully saturated rings. The van der Waals surface area contributed by atoms with E-state index < -0.39 is 11.0 Å². The van der Waals surface area contributed by atoms with Crippen molar-refractivity contribution in [2.45, 2.75) is 46.1 Å². The van der Waals surface area contributed by atoms with Crippen LogP contribution in [0.1, 0.15) is 40.5 Å². The molecule has 0 unspecified atom stereocenters. The second-order valence-electron chi connectivity index (χ2n) is 8.26. The van der Waals surface area contributed by atoms with Gasteiger partial charge in [0.25, 0.3) is 11.8 Å². The molecule has 0 radical (unpaired) electrons. The Labute approximate surface area is 181 Å². The smallest absolute Gasteiger partial charge is 0.253 e. The lowest BCUT2D eigenvalue weighted by molar-refractivity contribution is -0.137. The molecule has 164 valence electrons. The number of amides is 4. The summed E-state index contributed by atoms with van der Waals surface area (Å²) in [5.74, 6) is -0.309. The van der Waals surface area contributed by atoms with Gasteiger partial charge in [0.05, 0.1) is 12.2 Å². The van der Waals surface area contributed by atoms with Crippen molar-refractivity contribution in [3.63, 3.8) is 0 Å². The Balaban J connectivity index is 2.32. The summed E-state index contributed by atoms with van der Waals surface area (Å²) in [4.78, 5) is 47.9. The summed E-state index contributed by atoms with van der Waals surface area (Å²) in [6.45, 7) is 8.66. The number of carbonyl (C=O) groups excluding carboxylic acids is 4. The van der Waals surface area contributed by atoms with Gasteiger partial charge in [0, 0.05) is 50.4 Å². The molecule has 0 spiro atoms. The number of hydrogen-bond acceptors (Lipinski definition) is 7. The lowest BCUT2D eigenvalue weighted by Crippen LogP contribution is -2.43. The van der Waals surface area contributed by atoms with Crippen LogP contribution in [-0.2, 0) is 23.9 Å². The summed E-state index contributed by atoms with van der Waals surface area (Å²) in [5, 5.41) is 5.57. The van der Waals surface area contributed by atoms with Crippen LogP contribution in [-0.4, -0.2) is 66.1 Å². The molecule has 10 heteroatoms. The zero-order valence-corrected chi connectivity index (χ0v) is 19.2. The fourth-order valence-corrected chi connectivity index (χ4v) is 3.04. The number of nitrogens with one attached hydrogen (secondary N) is 2. The van der Waals surface area contributed by atoms with E-state index >= 15 is 0 Å². The second kappa shape index (κ2) is 11.6. The number of carbonyl (C=O) groups is 4. The van der Waals surface area contributed by atoms with Gasteiger partial charge in [-0.3, -0.25) is 24.1 Å². The Morgan fingerprint density at radius 3 is 2.31 bits per heavy atom. The highest BCUT2D eigenvalue weighted by Gasteiger charge is 2.28. The number of thiol groups is 1. The van der Waals surface area contributed by atoms with Crippen molar-refractivity contribution >= 4 is 46.1 Å². The molecule has 29 heavy (non-hydrogen) atoms. The molecule has 0 aromatic carbocycles. The van der Waals surface area contributed by atoms with Crippen LogP contribution in [0.15, 0.2) is 12.2 Å². The quantitative estimate of drug-likeness (QED) is 0.224. The van der Waals surface area contributed by atoms with Crippen molar-refractivity contribution in [1.82, 2.24) is 15.5 Å². The van der Waals surface area contributed by atoms with E-state index in [4.69, 9.17) is 4.74 Å². The van der Waals surface area contributed by atoms with E-state index in [9.17, 15) is 19.2 Å². The zero-order chi connectivity index (χ0) is 22.1. The maximum atomic E-state index is 12.2. The molecule has 1 aliphatic heterocycles. The molecule has 1 heterocycles. The first kappa shape index (κ1) is 25.5. The van der Waals surface area contributed by atoms with E-state index in [2.05, 4.69) is 22.3 Å². The SMILES string of the molecule is CC(C)(COC(C)(C)CNC(=O)CCSS)CC(=O)NCCN1C(=O)C=CC1=O. The van der Waals surface area contributed by atoms with Crippen LogP contribution in [0.3, 0.4) is 0 Å². The van der Waals surface area contributed by atoms with Crippen LogP contribution in [0.2, 0.25) is 0 Å². The van der Waals surface area contributed by atoms with Gasteiger partial charge >= 0.3 is 0 Å². The van der Waals surface area contributed by atoms with Crippen LogP contribution in [0.25, 0.3) is 0 Å². The lowest BCUT2D eigenvalue weighted by atomic mass is 9.89. The van der Waals surface area contributed by atoms with Crippen LogP contribution >= 0.6 is 22.5 Å². The van der Waals surface area contributed by atoms with Gasteiger partial charge in [0.1, 0.15) is 0 Å². The zero-order valence-electron chi connectivity index (χ0n) is 17.4. The van der Waals surface area contributed by atoms with Gasteiger partial charge in [-0.05, 0) is 19.3 Å². The predicted octanol–water partition coefficient (Wildman–Crippen LogP) is 1.32. The summed E-state index contributed by atoms with van der Waals surface area (Å²) in [5.41, 5.74) is -0.990. The molecule has 0 aromatic heterocycles. The molecule has 4 amide bonds. The molecular weight excluding hydrogens is 414 g/mol. The van der Waals surface area contributed by atoms with E-state index in [1.807, 2.05) is 27.7 Å². The molecule has 1 aliphatic rings. The third kappa shape index (κ3) is 10.2. The van der Waals surface area contributed by atoms with Gasteiger partial charge < -0.3 is 15.4 Å².